The summed E-state index contributed by atoms with van der Waals surface area (Å²) in [5.41, 5.74) is 1.35. The molecule has 0 aromatic heterocycles. The largest absolute Gasteiger partial charge is 0.490 e. The molecule has 0 saturated carbocycles. The molecular weight excluding hydrogens is 316 g/mol. The average molecular weight is 338 g/mol. The van der Waals surface area contributed by atoms with Crippen LogP contribution >= 0.6 is 0 Å². The summed E-state index contributed by atoms with van der Waals surface area (Å²) in [5.74, 6) is 1.47. The standard InChI is InChI=1S/C20H22N2O3/c1-3-24-17-11-7-10-15-16-12-20(2,25-18(15)17)22(19(23)21-16)13-14-8-5-4-6-9-14/h4-11,16H,3,12-13H2,1-2H3,(H,21,23)/t16-,20-/m0/s1. The highest BCUT2D eigenvalue weighted by molar-refractivity contribution is 5.77. The molecular formula is C20H22N2O3. The number of para-hydroxylation sites is 1. The van der Waals surface area contributed by atoms with Crippen molar-refractivity contribution >= 4 is 6.03 Å². The van der Waals surface area contributed by atoms with E-state index in [1.807, 2.05) is 62.4 Å². The number of hydrogen-bond acceptors (Lipinski definition) is 3. The summed E-state index contributed by atoms with van der Waals surface area (Å²) in [4.78, 5) is 14.5. The fraction of sp³-hybridized carbons (Fsp3) is 0.350. The van der Waals surface area contributed by atoms with Crippen LogP contribution in [0.15, 0.2) is 48.5 Å². The van der Waals surface area contributed by atoms with Crippen molar-refractivity contribution in [2.75, 3.05) is 6.61 Å². The number of nitrogens with one attached hydrogen (secondary N) is 1. The quantitative estimate of drug-likeness (QED) is 0.921. The first-order valence-corrected chi connectivity index (χ1v) is 8.67. The minimum absolute atomic E-state index is 0.0614. The summed E-state index contributed by atoms with van der Waals surface area (Å²) >= 11 is 0. The lowest BCUT2D eigenvalue weighted by molar-refractivity contribution is -0.0893. The molecule has 0 spiro atoms. The van der Waals surface area contributed by atoms with E-state index in [1.54, 1.807) is 4.90 Å². The van der Waals surface area contributed by atoms with E-state index in [4.69, 9.17) is 9.47 Å². The van der Waals surface area contributed by atoms with Crippen LogP contribution in [0.3, 0.4) is 0 Å². The van der Waals surface area contributed by atoms with E-state index in [1.165, 1.54) is 0 Å². The van der Waals surface area contributed by atoms with Crippen molar-refractivity contribution in [1.29, 1.82) is 0 Å². The van der Waals surface area contributed by atoms with E-state index in [0.29, 0.717) is 19.6 Å². The minimum Gasteiger partial charge on any atom is -0.490 e. The molecule has 2 aromatic rings. The topological polar surface area (TPSA) is 50.8 Å². The number of rotatable bonds is 4. The van der Waals surface area contributed by atoms with Gasteiger partial charge in [-0.05, 0) is 25.5 Å². The number of ether oxygens (including phenoxy) is 2. The van der Waals surface area contributed by atoms with Crippen molar-refractivity contribution in [1.82, 2.24) is 10.2 Å². The highest BCUT2D eigenvalue weighted by Gasteiger charge is 2.49. The maximum atomic E-state index is 12.7. The number of fused-ring (bicyclic) bond motifs is 4. The molecule has 2 amide bonds. The van der Waals surface area contributed by atoms with E-state index in [0.717, 1.165) is 22.6 Å². The van der Waals surface area contributed by atoms with Gasteiger partial charge in [0.2, 0.25) is 0 Å². The Bertz CT molecular complexity index is 793. The molecule has 2 bridgehead atoms. The zero-order chi connectivity index (χ0) is 17.4. The fourth-order valence-corrected chi connectivity index (χ4v) is 3.68. The lowest BCUT2D eigenvalue weighted by Crippen LogP contribution is -2.64. The third-order valence-electron chi connectivity index (χ3n) is 4.89. The van der Waals surface area contributed by atoms with E-state index in [-0.39, 0.29) is 12.1 Å². The summed E-state index contributed by atoms with van der Waals surface area (Å²) < 4.78 is 12.1. The molecule has 2 aliphatic rings. The zero-order valence-electron chi connectivity index (χ0n) is 14.5. The molecule has 130 valence electrons. The van der Waals surface area contributed by atoms with E-state index in [2.05, 4.69) is 5.32 Å². The number of hydrogen-bond donors (Lipinski definition) is 1. The Morgan fingerprint density at radius 3 is 2.80 bits per heavy atom. The Morgan fingerprint density at radius 1 is 1.24 bits per heavy atom. The van der Waals surface area contributed by atoms with Gasteiger partial charge in [0.15, 0.2) is 17.2 Å². The van der Waals surface area contributed by atoms with Gasteiger partial charge in [0.1, 0.15) is 0 Å². The van der Waals surface area contributed by atoms with Crippen LogP contribution in [0.2, 0.25) is 0 Å². The third kappa shape index (κ3) is 2.69. The Hall–Kier alpha value is -2.69. The Morgan fingerprint density at radius 2 is 2.04 bits per heavy atom. The number of carbonyl (C=O) groups excluding carboxylic acids is 1. The van der Waals surface area contributed by atoms with Crippen LogP contribution in [-0.2, 0) is 6.54 Å². The maximum Gasteiger partial charge on any atom is 0.321 e. The second-order valence-corrected chi connectivity index (χ2v) is 6.66. The van der Waals surface area contributed by atoms with Gasteiger partial charge in [0.05, 0.1) is 19.2 Å². The molecule has 1 N–H and O–H groups in total. The second-order valence-electron chi connectivity index (χ2n) is 6.66. The van der Waals surface area contributed by atoms with Crippen LogP contribution in [0.4, 0.5) is 4.79 Å². The molecule has 1 fully saturated rings. The third-order valence-corrected chi connectivity index (χ3v) is 4.89. The lowest BCUT2D eigenvalue weighted by atomic mass is 9.90. The van der Waals surface area contributed by atoms with Crippen molar-refractivity contribution in [2.24, 2.45) is 0 Å². The van der Waals surface area contributed by atoms with Gasteiger partial charge in [-0.1, -0.05) is 42.5 Å². The predicted molar refractivity (Wildman–Crippen MR) is 94.5 cm³/mol. The van der Waals surface area contributed by atoms with Crippen LogP contribution in [0, 0.1) is 0 Å². The number of nitrogens with zero attached hydrogens (tertiary/aromatic N) is 1. The first-order valence-electron chi connectivity index (χ1n) is 8.67. The van der Waals surface area contributed by atoms with Crippen molar-refractivity contribution in [2.45, 2.75) is 38.6 Å². The van der Waals surface area contributed by atoms with E-state index in [9.17, 15) is 4.79 Å². The molecule has 2 aromatic carbocycles. The highest BCUT2D eigenvalue weighted by atomic mass is 16.5. The van der Waals surface area contributed by atoms with Crippen LogP contribution < -0.4 is 14.8 Å². The van der Waals surface area contributed by atoms with Gasteiger partial charge in [-0.2, -0.15) is 0 Å². The molecule has 5 heteroatoms. The maximum absolute atomic E-state index is 12.7. The molecule has 0 aliphatic carbocycles. The van der Waals surface area contributed by atoms with E-state index >= 15 is 0 Å². The smallest absolute Gasteiger partial charge is 0.321 e. The summed E-state index contributed by atoms with van der Waals surface area (Å²) in [6, 6.07) is 15.7. The normalized spacial score (nSPS) is 24.2. The van der Waals surface area contributed by atoms with Crippen molar-refractivity contribution in [3.63, 3.8) is 0 Å². The molecule has 4 rings (SSSR count). The van der Waals surface area contributed by atoms with Gasteiger partial charge in [-0.25, -0.2) is 4.79 Å². The van der Waals surface area contributed by atoms with Crippen LogP contribution in [-0.4, -0.2) is 23.3 Å². The first-order chi connectivity index (χ1) is 12.1. The molecule has 2 heterocycles. The fourth-order valence-electron chi connectivity index (χ4n) is 3.68. The first kappa shape index (κ1) is 15.8. The van der Waals surface area contributed by atoms with Gasteiger partial charge < -0.3 is 14.8 Å². The van der Waals surface area contributed by atoms with Crippen molar-refractivity contribution in [3.05, 3.63) is 59.7 Å². The van der Waals surface area contributed by atoms with Gasteiger partial charge in [0.25, 0.3) is 0 Å². The van der Waals surface area contributed by atoms with Crippen LogP contribution in [0.1, 0.15) is 37.4 Å². The molecule has 2 atom stereocenters. The summed E-state index contributed by atoms with van der Waals surface area (Å²) in [6.45, 7) is 5.00. The molecule has 0 radical (unpaired) electrons. The molecule has 25 heavy (non-hydrogen) atoms. The van der Waals surface area contributed by atoms with Crippen LogP contribution in [0.5, 0.6) is 11.5 Å². The van der Waals surface area contributed by atoms with Gasteiger partial charge in [-0.15, -0.1) is 0 Å². The molecule has 5 nitrogen and oxygen atoms in total. The van der Waals surface area contributed by atoms with Crippen molar-refractivity contribution < 1.29 is 14.3 Å². The van der Waals surface area contributed by atoms with Crippen LogP contribution in [0.25, 0.3) is 0 Å². The predicted octanol–water partition coefficient (Wildman–Crippen LogP) is 3.85. The molecule has 0 unspecified atom stereocenters. The SMILES string of the molecule is CCOc1cccc2c1O[C@@]1(C)C[C@@H]2NC(=O)N1Cc1ccccc1. The number of benzene rings is 2. The average Bonchev–Trinajstić information content (AvgIpc) is 2.60. The van der Waals surface area contributed by atoms with Gasteiger partial charge >= 0.3 is 6.03 Å². The van der Waals surface area contributed by atoms with E-state index < -0.39 is 5.72 Å². The highest BCUT2D eigenvalue weighted by Crippen LogP contribution is 2.48. The van der Waals surface area contributed by atoms with Crippen molar-refractivity contribution in [3.8, 4) is 11.5 Å². The Labute approximate surface area is 147 Å². The summed E-state index contributed by atoms with van der Waals surface area (Å²) in [6.07, 6.45) is 0.703. The summed E-state index contributed by atoms with van der Waals surface area (Å²) in [7, 11) is 0. The lowest BCUT2D eigenvalue weighted by Gasteiger charge is -2.51. The number of carbonyl (C=O) groups is 1. The number of urea groups is 1. The molecule has 2 aliphatic heterocycles. The monoisotopic (exact) mass is 338 g/mol. The summed E-state index contributed by atoms with van der Waals surface area (Å²) in [5, 5.41) is 3.12. The van der Waals surface area contributed by atoms with Gasteiger partial charge in [0, 0.05) is 12.0 Å². The van der Waals surface area contributed by atoms with Gasteiger partial charge in [-0.3, -0.25) is 4.90 Å². The molecule has 1 saturated heterocycles. The minimum atomic E-state index is -0.705. The second kappa shape index (κ2) is 5.99. The zero-order valence-corrected chi connectivity index (χ0v) is 14.5. The number of amides is 2. The Balaban J connectivity index is 1.71. The Kier molecular flexibility index (Phi) is 3.79.